The fourth-order valence-electron chi connectivity index (χ4n) is 2.47. The Balaban J connectivity index is 1.91. The van der Waals surface area contributed by atoms with Crippen LogP contribution in [0.4, 0.5) is 8.78 Å². The number of ether oxygens (including phenoxy) is 1. The highest BCUT2D eigenvalue weighted by molar-refractivity contribution is 5.94. The smallest absolute Gasteiger partial charge is 0.309 e. The number of aliphatic hydroxyl groups excluding tert-OH is 1. The Hall–Kier alpha value is -2.02. The normalized spacial score (nSPS) is 17.0. The Morgan fingerprint density at radius 2 is 2.00 bits per heavy atom. The van der Waals surface area contributed by atoms with E-state index in [1.165, 1.54) is 11.8 Å². The molecule has 0 radical (unpaired) electrons. The van der Waals surface area contributed by atoms with Crippen molar-refractivity contribution >= 4 is 11.9 Å². The summed E-state index contributed by atoms with van der Waals surface area (Å²) in [4.78, 5) is 25.5. The van der Waals surface area contributed by atoms with E-state index >= 15 is 0 Å². The van der Waals surface area contributed by atoms with E-state index in [0.717, 1.165) is 12.1 Å². The molecule has 0 saturated carbocycles. The standard InChI is InChI=1S/C16H19F2NO4/c1-10(20)9-23-16(22)11-4-6-19(7-5-11)15(21)13-3-2-12(17)8-14(13)18/h2-3,8,10-11,20H,4-7,9H2,1H3/t10-/m0/s1. The molecule has 126 valence electrons. The molecule has 7 heteroatoms. The molecule has 23 heavy (non-hydrogen) atoms. The zero-order valence-corrected chi connectivity index (χ0v) is 12.8. The second kappa shape index (κ2) is 7.50. The number of benzene rings is 1. The molecule has 0 unspecified atom stereocenters. The number of hydrogen-bond acceptors (Lipinski definition) is 4. The van der Waals surface area contributed by atoms with Gasteiger partial charge in [0.2, 0.25) is 0 Å². The fourth-order valence-corrected chi connectivity index (χ4v) is 2.47. The van der Waals surface area contributed by atoms with Crippen LogP contribution in [0.1, 0.15) is 30.1 Å². The maximum Gasteiger partial charge on any atom is 0.309 e. The van der Waals surface area contributed by atoms with Crippen molar-refractivity contribution in [3.8, 4) is 0 Å². The van der Waals surface area contributed by atoms with Crippen molar-refractivity contribution in [1.29, 1.82) is 0 Å². The number of esters is 1. The van der Waals surface area contributed by atoms with E-state index in [4.69, 9.17) is 9.84 Å². The molecule has 1 N–H and O–H groups in total. The molecule has 0 spiro atoms. The number of likely N-dealkylation sites (tertiary alicyclic amines) is 1. The fraction of sp³-hybridized carbons (Fsp3) is 0.500. The van der Waals surface area contributed by atoms with Crippen molar-refractivity contribution < 1.29 is 28.2 Å². The first-order chi connectivity index (χ1) is 10.9. The van der Waals surface area contributed by atoms with E-state index in [1.807, 2.05) is 0 Å². The summed E-state index contributed by atoms with van der Waals surface area (Å²) in [5.41, 5.74) is -0.179. The molecular weight excluding hydrogens is 308 g/mol. The average Bonchev–Trinajstić information content (AvgIpc) is 2.52. The van der Waals surface area contributed by atoms with Crippen LogP contribution < -0.4 is 0 Å². The number of rotatable bonds is 4. The predicted molar refractivity (Wildman–Crippen MR) is 77.6 cm³/mol. The van der Waals surface area contributed by atoms with Crippen LogP contribution in [0.5, 0.6) is 0 Å². The lowest BCUT2D eigenvalue weighted by Gasteiger charge is -2.31. The molecular formula is C16H19F2NO4. The molecule has 1 aliphatic heterocycles. The highest BCUT2D eigenvalue weighted by Gasteiger charge is 2.29. The van der Waals surface area contributed by atoms with E-state index in [0.29, 0.717) is 32.0 Å². The van der Waals surface area contributed by atoms with Gasteiger partial charge in [-0.05, 0) is 31.9 Å². The van der Waals surface area contributed by atoms with Gasteiger partial charge in [0.15, 0.2) is 0 Å². The molecule has 5 nitrogen and oxygen atoms in total. The Bertz CT molecular complexity index is 583. The van der Waals surface area contributed by atoms with Gasteiger partial charge in [-0.2, -0.15) is 0 Å². The summed E-state index contributed by atoms with van der Waals surface area (Å²) in [5, 5.41) is 9.09. The number of aliphatic hydroxyl groups is 1. The van der Waals surface area contributed by atoms with Crippen molar-refractivity contribution in [3.63, 3.8) is 0 Å². The van der Waals surface area contributed by atoms with E-state index in [9.17, 15) is 18.4 Å². The van der Waals surface area contributed by atoms with Gasteiger partial charge in [0.05, 0.1) is 17.6 Å². The van der Waals surface area contributed by atoms with Crippen LogP contribution in [0.3, 0.4) is 0 Å². The van der Waals surface area contributed by atoms with Crippen LogP contribution in [0.15, 0.2) is 18.2 Å². The first-order valence-corrected chi connectivity index (χ1v) is 7.47. The molecule has 1 aliphatic rings. The number of carbonyl (C=O) groups is 2. The maximum absolute atomic E-state index is 13.7. The largest absolute Gasteiger partial charge is 0.463 e. The average molecular weight is 327 g/mol. The van der Waals surface area contributed by atoms with Crippen LogP contribution in [0.2, 0.25) is 0 Å². The van der Waals surface area contributed by atoms with Crippen LogP contribution in [0, 0.1) is 17.6 Å². The molecule has 2 rings (SSSR count). The molecule has 0 aliphatic carbocycles. The summed E-state index contributed by atoms with van der Waals surface area (Å²) in [5.74, 6) is -2.88. The highest BCUT2D eigenvalue weighted by Crippen LogP contribution is 2.21. The molecule has 1 fully saturated rings. The monoisotopic (exact) mass is 327 g/mol. The SMILES string of the molecule is C[C@H](O)COC(=O)C1CCN(C(=O)c2ccc(F)cc2F)CC1. The summed E-state index contributed by atoms with van der Waals surface area (Å²) in [6.45, 7) is 2.05. The van der Waals surface area contributed by atoms with Crippen LogP contribution in [-0.4, -0.2) is 47.7 Å². The molecule has 1 aromatic carbocycles. The highest BCUT2D eigenvalue weighted by atomic mass is 19.1. The number of nitrogens with zero attached hydrogens (tertiary/aromatic N) is 1. The van der Waals surface area contributed by atoms with Gasteiger partial charge in [-0.25, -0.2) is 8.78 Å². The minimum Gasteiger partial charge on any atom is -0.463 e. The predicted octanol–water partition coefficient (Wildman–Crippen LogP) is 1.74. The lowest BCUT2D eigenvalue weighted by Crippen LogP contribution is -2.41. The number of halogens is 2. The molecule has 0 bridgehead atoms. The van der Waals surface area contributed by atoms with Gasteiger partial charge >= 0.3 is 5.97 Å². The van der Waals surface area contributed by atoms with Crippen molar-refractivity contribution in [2.45, 2.75) is 25.9 Å². The molecule has 1 heterocycles. The second-order valence-electron chi connectivity index (χ2n) is 5.67. The molecule has 1 saturated heterocycles. The van der Waals surface area contributed by atoms with Crippen LogP contribution in [-0.2, 0) is 9.53 Å². The quantitative estimate of drug-likeness (QED) is 0.856. The van der Waals surface area contributed by atoms with Gasteiger partial charge < -0.3 is 14.7 Å². The van der Waals surface area contributed by atoms with Crippen molar-refractivity contribution in [1.82, 2.24) is 4.90 Å². The first-order valence-electron chi connectivity index (χ1n) is 7.47. The molecule has 1 aromatic rings. The Morgan fingerprint density at radius 3 is 2.57 bits per heavy atom. The van der Waals surface area contributed by atoms with Crippen molar-refractivity contribution in [2.75, 3.05) is 19.7 Å². The van der Waals surface area contributed by atoms with E-state index in [-0.39, 0.29) is 18.1 Å². The maximum atomic E-state index is 13.7. The first kappa shape index (κ1) is 17.3. The summed E-state index contributed by atoms with van der Waals surface area (Å²) in [7, 11) is 0. The zero-order chi connectivity index (χ0) is 17.0. The third-order valence-electron chi connectivity index (χ3n) is 3.74. The summed E-state index contributed by atoms with van der Waals surface area (Å²) >= 11 is 0. The van der Waals surface area contributed by atoms with E-state index in [2.05, 4.69) is 0 Å². The van der Waals surface area contributed by atoms with Gasteiger partial charge in [-0.3, -0.25) is 9.59 Å². The molecule has 1 amide bonds. The minimum absolute atomic E-state index is 0.0568. The second-order valence-corrected chi connectivity index (χ2v) is 5.67. The summed E-state index contributed by atoms with van der Waals surface area (Å²) < 4.78 is 31.5. The van der Waals surface area contributed by atoms with Gasteiger partial charge in [0.1, 0.15) is 18.2 Å². The van der Waals surface area contributed by atoms with Crippen molar-refractivity contribution in [3.05, 3.63) is 35.4 Å². The third-order valence-corrected chi connectivity index (χ3v) is 3.74. The zero-order valence-electron chi connectivity index (χ0n) is 12.8. The number of carbonyl (C=O) groups excluding carboxylic acids is 2. The third kappa shape index (κ3) is 4.48. The molecule has 1 atom stereocenters. The van der Waals surface area contributed by atoms with Gasteiger partial charge in [-0.1, -0.05) is 0 Å². The topological polar surface area (TPSA) is 66.8 Å². The number of hydrogen-bond donors (Lipinski definition) is 1. The minimum atomic E-state index is -0.895. The van der Waals surface area contributed by atoms with E-state index < -0.39 is 29.6 Å². The lowest BCUT2D eigenvalue weighted by molar-refractivity contribution is -0.152. The molecule has 0 aromatic heterocycles. The van der Waals surface area contributed by atoms with Crippen LogP contribution >= 0.6 is 0 Å². The lowest BCUT2D eigenvalue weighted by atomic mass is 9.96. The van der Waals surface area contributed by atoms with Crippen molar-refractivity contribution in [2.24, 2.45) is 5.92 Å². The van der Waals surface area contributed by atoms with Gasteiger partial charge in [0.25, 0.3) is 5.91 Å². The van der Waals surface area contributed by atoms with Gasteiger partial charge in [-0.15, -0.1) is 0 Å². The summed E-state index contributed by atoms with van der Waals surface area (Å²) in [6, 6.07) is 2.83. The number of amides is 1. The number of piperidine rings is 1. The van der Waals surface area contributed by atoms with Crippen LogP contribution in [0.25, 0.3) is 0 Å². The van der Waals surface area contributed by atoms with Gasteiger partial charge in [0, 0.05) is 19.2 Å². The Labute approximate surface area is 132 Å². The Morgan fingerprint density at radius 1 is 1.35 bits per heavy atom. The summed E-state index contributed by atoms with van der Waals surface area (Å²) in [6.07, 6.45) is 0.0995. The van der Waals surface area contributed by atoms with E-state index in [1.54, 1.807) is 0 Å². The Kier molecular flexibility index (Phi) is 5.65.